The van der Waals surface area contributed by atoms with E-state index < -0.39 is 12.0 Å². The number of nitrogens with two attached hydrogens (primary N) is 3. The van der Waals surface area contributed by atoms with Crippen molar-refractivity contribution in [2.24, 2.45) is 5.73 Å². The monoisotopic (exact) mass is 195 g/mol. The van der Waals surface area contributed by atoms with E-state index in [9.17, 15) is 4.79 Å². The van der Waals surface area contributed by atoms with E-state index in [1.54, 1.807) is 18.2 Å². The predicted octanol–water partition coefficient (Wildman–Crippen LogP) is -0.195. The number of benzene rings is 1. The molecule has 14 heavy (non-hydrogen) atoms. The molecule has 0 spiro atoms. The van der Waals surface area contributed by atoms with Gasteiger partial charge >= 0.3 is 5.97 Å². The Bertz CT molecular complexity index is 332. The molecule has 1 atom stereocenters. The molecular weight excluding hydrogens is 182 g/mol. The average Bonchev–Trinajstić information content (AvgIpc) is 2.01. The maximum Gasteiger partial charge on any atom is 0.320 e. The van der Waals surface area contributed by atoms with Gasteiger partial charge in [0.05, 0.1) is 0 Å². The van der Waals surface area contributed by atoms with E-state index in [1.165, 1.54) is 0 Å². The van der Waals surface area contributed by atoms with Crippen molar-refractivity contribution in [3.05, 3.63) is 23.8 Å². The summed E-state index contributed by atoms with van der Waals surface area (Å²) in [6.45, 7) is 0. The van der Waals surface area contributed by atoms with Gasteiger partial charge in [0.15, 0.2) is 0 Å². The van der Waals surface area contributed by atoms with Gasteiger partial charge in [-0.3, -0.25) is 4.79 Å². The van der Waals surface area contributed by atoms with Crippen molar-refractivity contribution in [2.45, 2.75) is 12.5 Å². The maximum absolute atomic E-state index is 10.5. The molecule has 0 saturated carbocycles. The molecule has 0 aliphatic rings. The maximum atomic E-state index is 10.5. The molecule has 0 saturated heterocycles. The molecule has 0 heterocycles. The molecule has 7 N–H and O–H groups in total. The molecule has 0 aliphatic carbocycles. The lowest BCUT2D eigenvalue weighted by Gasteiger charge is -2.07. The van der Waals surface area contributed by atoms with Gasteiger partial charge in [0.1, 0.15) is 6.04 Å². The Morgan fingerprint density at radius 3 is 2.21 bits per heavy atom. The summed E-state index contributed by atoms with van der Waals surface area (Å²) in [6, 6.07) is 4.02. The summed E-state index contributed by atoms with van der Waals surface area (Å²) in [5.41, 5.74) is 18.2. The van der Waals surface area contributed by atoms with Gasteiger partial charge in [0.25, 0.3) is 0 Å². The molecule has 0 unspecified atom stereocenters. The van der Waals surface area contributed by atoms with Crippen LogP contribution in [0.15, 0.2) is 18.2 Å². The number of hydrogen-bond donors (Lipinski definition) is 4. The molecule has 5 heteroatoms. The molecule has 1 aromatic rings. The van der Waals surface area contributed by atoms with E-state index in [4.69, 9.17) is 22.3 Å². The van der Waals surface area contributed by atoms with Crippen molar-refractivity contribution in [1.82, 2.24) is 0 Å². The van der Waals surface area contributed by atoms with Crippen LogP contribution in [-0.4, -0.2) is 17.1 Å². The van der Waals surface area contributed by atoms with Crippen LogP contribution in [0.5, 0.6) is 0 Å². The minimum absolute atomic E-state index is 0.227. The van der Waals surface area contributed by atoms with Gasteiger partial charge in [-0.05, 0) is 30.2 Å². The second-order valence-corrected chi connectivity index (χ2v) is 3.16. The molecule has 0 aliphatic heterocycles. The summed E-state index contributed by atoms with van der Waals surface area (Å²) in [6.07, 6.45) is 0.227. The van der Waals surface area contributed by atoms with Crippen molar-refractivity contribution in [2.75, 3.05) is 11.5 Å². The van der Waals surface area contributed by atoms with Crippen LogP contribution in [0.3, 0.4) is 0 Å². The number of carboxylic acid groups (broad SMARTS) is 1. The summed E-state index contributed by atoms with van der Waals surface area (Å²) >= 11 is 0. The highest BCUT2D eigenvalue weighted by molar-refractivity contribution is 5.73. The standard InChI is InChI=1S/C9H13N3O2/c10-6-1-5(2-7(11)4-6)3-8(12)9(13)14/h1-2,4,8H,3,10-12H2,(H,13,14)/t8-/m0/s1. The fraction of sp³-hybridized carbons (Fsp3) is 0.222. The van der Waals surface area contributed by atoms with E-state index in [2.05, 4.69) is 0 Å². The van der Waals surface area contributed by atoms with Crippen LogP contribution in [0.1, 0.15) is 5.56 Å². The van der Waals surface area contributed by atoms with E-state index in [0.717, 1.165) is 5.56 Å². The van der Waals surface area contributed by atoms with Crippen molar-refractivity contribution in [3.8, 4) is 0 Å². The Kier molecular flexibility index (Phi) is 2.93. The number of rotatable bonds is 3. The van der Waals surface area contributed by atoms with Gasteiger partial charge in [-0.1, -0.05) is 0 Å². The van der Waals surface area contributed by atoms with Crippen LogP contribution in [0.2, 0.25) is 0 Å². The molecule has 1 rings (SSSR count). The first kappa shape index (κ1) is 10.3. The van der Waals surface area contributed by atoms with Crippen LogP contribution in [0.4, 0.5) is 11.4 Å². The summed E-state index contributed by atoms with van der Waals surface area (Å²) in [7, 11) is 0. The first-order valence-corrected chi connectivity index (χ1v) is 4.12. The van der Waals surface area contributed by atoms with E-state index >= 15 is 0 Å². The van der Waals surface area contributed by atoms with Gasteiger partial charge in [-0.25, -0.2) is 0 Å². The van der Waals surface area contributed by atoms with Crippen LogP contribution in [-0.2, 0) is 11.2 Å². The average molecular weight is 195 g/mol. The minimum Gasteiger partial charge on any atom is -0.480 e. The second kappa shape index (κ2) is 3.97. The van der Waals surface area contributed by atoms with Crippen LogP contribution in [0.25, 0.3) is 0 Å². The number of nitrogen functional groups attached to an aromatic ring is 2. The SMILES string of the molecule is Nc1cc(N)cc(C[C@H](N)C(=O)O)c1. The smallest absolute Gasteiger partial charge is 0.320 e. The largest absolute Gasteiger partial charge is 0.480 e. The molecule has 0 aromatic heterocycles. The highest BCUT2D eigenvalue weighted by Gasteiger charge is 2.12. The molecule has 0 fully saturated rings. The van der Waals surface area contributed by atoms with Crippen molar-refractivity contribution < 1.29 is 9.90 Å². The lowest BCUT2D eigenvalue weighted by Crippen LogP contribution is -2.32. The molecular formula is C9H13N3O2. The summed E-state index contributed by atoms with van der Waals surface area (Å²) < 4.78 is 0. The Labute approximate surface area is 81.5 Å². The van der Waals surface area contributed by atoms with Crippen molar-refractivity contribution >= 4 is 17.3 Å². The number of hydrogen-bond acceptors (Lipinski definition) is 4. The number of carboxylic acids is 1. The molecule has 76 valence electrons. The van der Waals surface area contributed by atoms with E-state index in [-0.39, 0.29) is 6.42 Å². The van der Waals surface area contributed by atoms with Gasteiger partial charge in [-0.2, -0.15) is 0 Å². The van der Waals surface area contributed by atoms with Crippen LogP contribution < -0.4 is 17.2 Å². The van der Waals surface area contributed by atoms with Crippen molar-refractivity contribution in [1.29, 1.82) is 0 Å². The lowest BCUT2D eigenvalue weighted by molar-refractivity contribution is -0.138. The Hall–Kier alpha value is -1.75. The summed E-state index contributed by atoms with van der Waals surface area (Å²) in [5, 5.41) is 8.59. The number of aliphatic carboxylic acids is 1. The zero-order chi connectivity index (χ0) is 10.7. The summed E-state index contributed by atoms with van der Waals surface area (Å²) in [4.78, 5) is 10.5. The Balaban J connectivity index is 2.81. The lowest BCUT2D eigenvalue weighted by atomic mass is 10.1. The van der Waals surface area contributed by atoms with Crippen LogP contribution >= 0.6 is 0 Å². The van der Waals surface area contributed by atoms with E-state index in [1.807, 2.05) is 0 Å². The zero-order valence-electron chi connectivity index (χ0n) is 7.60. The first-order chi connectivity index (χ1) is 6.49. The Morgan fingerprint density at radius 1 is 1.29 bits per heavy atom. The predicted molar refractivity (Wildman–Crippen MR) is 54.6 cm³/mol. The zero-order valence-corrected chi connectivity index (χ0v) is 7.60. The van der Waals surface area contributed by atoms with Gasteiger partial charge < -0.3 is 22.3 Å². The highest BCUT2D eigenvalue weighted by Crippen LogP contribution is 2.14. The normalized spacial score (nSPS) is 12.4. The molecule has 1 aromatic carbocycles. The topological polar surface area (TPSA) is 115 Å². The fourth-order valence-corrected chi connectivity index (χ4v) is 1.20. The summed E-state index contributed by atoms with van der Waals surface area (Å²) in [5.74, 6) is -1.04. The minimum atomic E-state index is -1.04. The van der Waals surface area contributed by atoms with Crippen LogP contribution in [0, 0.1) is 0 Å². The fourth-order valence-electron chi connectivity index (χ4n) is 1.20. The molecule has 0 bridgehead atoms. The quantitative estimate of drug-likeness (QED) is 0.499. The second-order valence-electron chi connectivity index (χ2n) is 3.16. The van der Waals surface area contributed by atoms with Gasteiger partial charge in [0.2, 0.25) is 0 Å². The highest BCUT2D eigenvalue weighted by atomic mass is 16.4. The number of carbonyl (C=O) groups is 1. The third-order valence-corrected chi connectivity index (χ3v) is 1.81. The Morgan fingerprint density at radius 2 is 1.79 bits per heavy atom. The number of anilines is 2. The van der Waals surface area contributed by atoms with Gasteiger partial charge in [0, 0.05) is 11.4 Å². The first-order valence-electron chi connectivity index (χ1n) is 4.12. The van der Waals surface area contributed by atoms with Gasteiger partial charge in [-0.15, -0.1) is 0 Å². The molecule has 5 nitrogen and oxygen atoms in total. The third-order valence-electron chi connectivity index (χ3n) is 1.81. The molecule has 0 amide bonds. The van der Waals surface area contributed by atoms with E-state index in [0.29, 0.717) is 11.4 Å². The van der Waals surface area contributed by atoms with Crippen molar-refractivity contribution in [3.63, 3.8) is 0 Å². The third kappa shape index (κ3) is 2.63. The molecule has 0 radical (unpaired) electrons.